The van der Waals surface area contributed by atoms with Crippen LogP contribution in [0.25, 0.3) is 0 Å². The van der Waals surface area contributed by atoms with Crippen LogP contribution in [0.4, 0.5) is 0 Å². The summed E-state index contributed by atoms with van der Waals surface area (Å²) in [5.41, 5.74) is 0. The first kappa shape index (κ1) is 9.68. The fraction of sp³-hybridized carbons (Fsp3) is 0.889. The molecule has 0 aliphatic carbocycles. The summed E-state index contributed by atoms with van der Waals surface area (Å²) in [7, 11) is 0. The highest BCUT2D eigenvalue weighted by atomic mass is 16.5. The molecule has 3 heteroatoms. The van der Waals surface area contributed by atoms with Crippen LogP contribution in [0, 0.1) is 11.8 Å². The Labute approximate surface area is 72.7 Å². The number of ether oxygens (including phenoxy) is 1. The molecule has 3 atom stereocenters. The molecule has 3 nitrogen and oxygen atoms in total. The normalized spacial score (nSPS) is 31.9. The van der Waals surface area contributed by atoms with Crippen molar-refractivity contribution in [1.29, 1.82) is 0 Å². The third-order valence-electron chi connectivity index (χ3n) is 2.59. The Morgan fingerprint density at radius 1 is 1.67 bits per heavy atom. The Hall–Kier alpha value is -0.410. The maximum atomic E-state index is 11.3. The van der Waals surface area contributed by atoms with E-state index in [1.165, 1.54) is 0 Å². The number of carbonyl (C=O) groups is 1. The quantitative estimate of drug-likeness (QED) is 0.678. The summed E-state index contributed by atoms with van der Waals surface area (Å²) in [6, 6.07) is 0. The van der Waals surface area contributed by atoms with E-state index in [0.29, 0.717) is 19.6 Å². The Kier molecular flexibility index (Phi) is 3.23. The van der Waals surface area contributed by atoms with E-state index in [1.54, 1.807) is 0 Å². The predicted molar refractivity (Wildman–Crippen MR) is 44.8 cm³/mol. The Balaban J connectivity index is 2.51. The lowest BCUT2D eigenvalue weighted by Crippen LogP contribution is -2.29. The molecular formula is C9H16O3. The zero-order valence-electron chi connectivity index (χ0n) is 7.62. The number of rotatable bonds is 3. The second kappa shape index (κ2) is 4.01. The molecule has 0 radical (unpaired) electrons. The molecule has 0 aromatic heterocycles. The van der Waals surface area contributed by atoms with Crippen LogP contribution in [0.5, 0.6) is 0 Å². The van der Waals surface area contributed by atoms with Crippen molar-refractivity contribution in [1.82, 2.24) is 0 Å². The van der Waals surface area contributed by atoms with Crippen LogP contribution in [0.15, 0.2) is 0 Å². The molecule has 0 saturated carbocycles. The summed E-state index contributed by atoms with van der Waals surface area (Å²) in [6.07, 6.45) is 0.0974. The van der Waals surface area contributed by atoms with Crippen molar-refractivity contribution in [3.63, 3.8) is 0 Å². The van der Waals surface area contributed by atoms with Crippen LogP contribution < -0.4 is 0 Å². The molecule has 1 heterocycles. The summed E-state index contributed by atoms with van der Waals surface area (Å²) in [5.74, 6) is 0.162. The molecule has 0 aromatic carbocycles. The van der Waals surface area contributed by atoms with Gasteiger partial charge in [-0.15, -0.1) is 0 Å². The highest BCUT2D eigenvalue weighted by Gasteiger charge is 2.33. The Bertz CT molecular complexity index is 167. The molecule has 1 N–H and O–H groups in total. The van der Waals surface area contributed by atoms with Crippen molar-refractivity contribution in [3.05, 3.63) is 0 Å². The van der Waals surface area contributed by atoms with Crippen molar-refractivity contribution in [2.24, 2.45) is 11.8 Å². The van der Waals surface area contributed by atoms with Gasteiger partial charge in [0.2, 0.25) is 0 Å². The van der Waals surface area contributed by atoms with E-state index in [2.05, 4.69) is 0 Å². The van der Waals surface area contributed by atoms with Gasteiger partial charge in [0.1, 0.15) is 5.78 Å². The van der Waals surface area contributed by atoms with Gasteiger partial charge >= 0.3 is 0 Å². The van der Waals surface area contributed by atoms with Crippen LogP contribution in [-0.4, -0.2) is 30.2 Å². The van der Waals surface area contributed by atoms with Gasteiger partial charge < -0.3 is 9.84 Å². The Morgan fingerprint density at radius 2 is 2.33 bits per heavy atom. The first-order chi connectivity index (χ1) is 5.66. The third-order valence-corrected chi connectivity index (χ3v) is 2.59. The minimum atomic E-state index is -0.449. The van der Waals surface area contributed by atoms with Crippen molar-refractivity contribution in [2.75, 3.05) is 13.2 Å². The maximum Gasteiger partial charge on any atom is 0.135 e. The second-order valence-corrected chi connectivity index (χ2v) is 3.38. The summed E-state index contributed by atoms with van der Waals surface area (Å²) < 4.78 is 5.08. The molecule has 3 unspecified atom stereocenters. The molecule has 1 saturated heterocycles. The van der Waals surface area contributed by atoms with Gasteiger partial charge in [0.25, 0.3) is 0 Å². The van der Waals surface area contributed by atoms with Crippen molar-refractivity contribution < 1.29 is 14.6 Å². The molecule has 0 aromatic rings. The van der Waals surface area contributed by atoms with Crippen LogP contribution >= 0.6 is 0 Å². The van der Waals surface area contributed by atoms with Crippen molar-refractivity contribution >= 4 is 5.78 Å². The van der Waals surface area contributed by atoms with Crippen LogP contribution in [0.1, 0.15) is 20.3 Å². The molecule has 0 spiro atoms. The number of Topliss-reactive ketones (excluding diaryl/α,β-unsaturated/α-hetero) is 1. The molecule has 1 aliphatic rings. The first-order valence-electron chi connectivity index (χ1n) is 4.45. The summed E-state index contributed by atoms with van der Waals surface area (Å²) >= 11 is 0. The fourth-order valence-corrected chi connectivity index (χ4v) is 1.60. The Morgan fingerprint density at radius 3 is 2.75 bits per heavy atom. The number of hydrogen-bond donors (Lipinski definition) is 1. The van der Waals surface area contributed by atoms with Gasteiger partial charge in [0.05, 0.1) is 19.3 Å². The second-order valence-electron chi connectivity index (χ2n) is 3.38. The van der Waals surface area contributed by atoms with Crippen LogP contribution in [0.2, 0.25) is 0 Å². The number of ketones is 1. The predicted octanol–water partition coefficient (Wildman–Crippen LogP) is 0.609. The average molecular weight is 172 g/mol. The van der Waals surface area contributed by atoms with E-state index in [4.69, 9.17) is 4.74 Å². The molecule has 70 valence electrons. The molecule has 12 heavy (non-hydrogen) atoms. The number of hydrogen-bond acceptors (Lipinski definition) is 3. The first-order valence-corrected chi connectivity index (χ1v) is 4.45. The van der Waals surface area contributed by atoms with Crippen molar-refractivity contribution in [3.8, 4) is 0 Å². The van der Waals surface area contributed by atoms with E-state index >= 15 is 0 Å². The van der Waals surface area contributed by atoms with Crippen molar-refractivity contribution in [2.45, 2.75) is 26.4 Å². The lowest BCUT2D eigenvalue weighted by molar-refractivity contribution is -0.124. The molecule has 1 rings (SSSR count). The molecule has 0 bridgehead atoms. The molecular weight excluding hydrogens is 156 g/mol. The van der Waals surface area contributed by atoms with Crippen LogP contribution in [-0.2, 0) is 9.53 Å². The van der Waals surface area contributed by atoms with E-state index in [0.717, 1.165) is 0 Å². The minimum Gasteiger partial charge on any atom is -0.390 e. The number of carbonyl (C=O) groups excluding carboxylic acids is 1. The summed E-state index contributed by atoms with van der Waals surface area (Å²) in [5, 5.41) is 9.43. The van der Waals surface area contributed by atoms with Gasteiger partial charge in [0, 0.05) is 18.3 Å². The SMILES string of the molecule is CCC(=O)C(C)C1COCC1O. The summed E-state index contributed by atoms with van der Waals surface area (Å²) in [4.78, 5) is 11.3. The highest BCUT2D eigenvalue weighted by molar-refractivity contribution is 5.80. The minimum absolute atomic E-state index is 0.0115. The number of aliphatic hydroxyl groups is 1. The standard InChI is InChI=1S/C9H16O3/c1-3-8(10)6(2)7-4-12-5-9(7)11/h6-7,9,11H,3-5H2,1-2H3. The molecule has 1 aliphatic heterocycles. The monoisotopic (exact) mass is 172 g/mol. The summed E-state index contributed by atoms with van der Waals surface area (Å²) in [6.45, 7) is 4.62. The van der Waals surface area contributed by atoms with E-state index in [-0.39, 0.29) is 17.6 Å². The van der Waals surface area contributed by atoms with E-state index < -0.39 is 6.10 Å². The average Bonchev–Trinajstić information content (AvgIpc) is 2.48. The third kappa shape index (κ3) is 1.84. The fourth-order valence-electron chi connectivity index (χ4n) is 1.60. The zero-order chi connectivity index (χ0) is 9.14. The number of aliphatic hydroxyl groups excluding tert-OH is 1. The van der Waals surface area contributed by atoms with Gasteiger partial charge in [-0.05, 0) is 0 Å². The van der Waals surface area contributed by atoms with Gasteiger partial charge in [-0.1, -0.05) is 13.8 Å². The van der Waals surface area contributed by atoms with Gasteiger partial charge in [-0.3, -0.25) is 4.79 Å². The molecule has 1 fully saturated rings. The van der Waals surface area contributed by atoms with Gasteiger partial charge in [-0.2, -0.15) is 0 Å². The van der Waals surface area contributed by atoms with E-state index in [1.807, 2.05) is 13.8 Å². The van der Waals surface area contributed by atoms with Gasteiger partial charge in [-0.25, -0.2) is 0 Å². The topological polar surface area (TPSA) is 46.5 Å². The van der Waals surface area contributed by atoms with Crippen LogP contribution in [0.3, 0.4) is 0 Å². The maximum absolute atomic E-state index is 11.3. The van der Waals surface area contributed by atoms with Gasteiger partial charge in [0.15, 0.2) is 0 Å². The smallest absolute Gasteiger partial charge is 0.135 e. The highest BCUT2D eigenvalue weighted by Crippen LogP contribution is 2.23. The largest absolute Gasteiger partial charge is 0.390 e. The zero-order valence-corrected chi connectivity index (χ0v) is 7.62. The molecule has 0 amide bonds. The lowest BCUT2D eigenvalue weighted by Gasteiger charge is -2.18. The van der Waals surface area contributed by atoms with E-state index in [9.17, 15) is 9.90 Å². The lowest BCUT2D eigenvalue weighted by atomic mass is 9.87.